The molecule has 1 heterocycles. The van der Waals surface area contributed by atoms with Crippen LogP contribution in [0.25, 0.3) is 11.1 Å². The molecule has 0 bridgehead atoms. The Morgan fingerprint density at radius 3 is 2.66 bits per heavy atom. The van der Waals surface area contributed by atoms with Gasteiger partial charge in [-0.25, -0.2) is 9.59 Å². The standard InChI is InChI=1S/C21H23N3O7S/c1-4-31-21(27)19-16(11-32-9-8-22-12-25)23-13(2)17(20(26)30-3)18(19)14-6-5-7-15(10-14)24(28)29/h5-7,10,12H,4,8-9,11H2,1-3H3,(H,22,25). The second kappa shape index (κ2) is 11.8. The fraction of sp³-hybridized carbons (Fsp3) is 0.333. The Labute approximate surface area is 188 Å². The molecule has 0 aliphatic heterocycles. The number of pyridine rings is 1. The number of nitrogens with zero attached hydrogens (tertiary/aromatic N) is 2. The highest BCUT2D eigenvalue weighted by atomic mass is 32.2. The van der Waals surface area contributed by atoms with Gasteiger partial charge in [-0.3, -0.25) is 19.9 Å². The van der Waals surface area contributed by atoms with Crippen molar-refractivity contribution in [2.45, 2.75) is 19.6 Å². The van der Waals surface area contributed by atoms with Crippen molar-refractivity contribution >= 4 is 35.8 Å². The van der Waals surface area contributed by atoms with Gasteiger partial charge in [0, 0.05) is 35.7 Å². The highest BCUT2D eigenvalue weighted by Gasteiger charge is 2.29. The molecule has 0 atom stereocenters. The van der Waals surface area contributed by atoms with Gasteiger partial charge in [-0.15, -0.1) is 0 Å². The molecular formula is C21H23N3O7S. The average Bonchev–Trinajstić information content (AvgIpc) is 2.78. The number of amides is 1. The third kappa shape index (κ3) is 5.82. The quantitative estimate of drug-likeness (QED) is 0.176. The maximum absolute atomic E-state index is 13.0. The molecule has 0 aliphatic rings. The molecule has 170 valence electrons. The molecule has 2 rings (SSSR count). The number of nitrogens with one attached hydrogen (secondary N) is 1. The van der Waals surface area contributed by atoms with Gasteiger partial charge < -0.3 is 14.8 Å². The van der Waals surface area contributed by atoms with Crippen molar-refractivity contribution < 1.29 is 28.8 Å². The lowest BCUT2D eigenvalue weighted by Gasteiger charge is -2.18. The van der Waals surface area contributed by atoms with Gasteiger partial charge in [0.05, 0.1) is 41.2 Å². The Morgan fingerprint density at radius 1 is 1.28 bits per heavy atom. The summed E-state index contributed by atoms with van der Waals surface area (Å²) in [5.41, 5.74) is 1.04. The van der Waals surface area contributed by atoms with Crippen molar-refractivity contribution in [2.75, 3.05) is 26.0 Å². The van der Waals surface area contributed by atoms with Gasteiger partial charge in [-0.1, -0.05) is 12.1 Å². The van der Waals surface area contributed by atoms with Crippen molar-refractivity contribution in [2.24, 2.45) is 0 Å². The van der Waals surface area contributed by atoms with Crippen LogP contribution >= 0.6 is 11.8 Å². The zero-order chi connectivity index (χ0) is 23.7. The third-order valence-corrected chi connectivity index (χ3v) is 5.35. The summed E-state index contributed by atoms with van der Waals surface area (Å²) >= 11 is 1.42. The SMILES string of the molecule is CCOC(=O)c1c(CSCCNC=O)nc(C)c(C(=O)OC)c1-c1cccc([N+](=O)[O-])c1. The van der Waals surface area contributed by atoms with Crippen LogP contribution in [0.4, 0.5) is 5.69 Å². The number of rotatable bonds is 11. The molecule has 0 radical (unpaired) electrons. The van der Waals surface area contributed by atoms with Gasteiger partial charge in [0.15, 0.2) is 0 Å². The summed E-state index contributed by atoms with van der Waals surface area (Å²) in [6.45, 7) is 3.77. The Balaban J connectivity index is 2.75. The second-order valence-electron chi connectivity index (χ2n) is 6.41. The predicted octanol–water partition coefficient (Wildman–Crippen LogP) is 2.91. The zero-order valence-corrected chi connectivity index (χ0v) is 18.7. The molecular weight excluding hydrogens is 438 g/mol. The van der Waals surface area contributed by atoms with Crippen LogP contribution in [0.1, 0.15) is 39.0 Å². The van der Waals surface area contributed by atoms with Gasteiger partial charge in [0.25, 0.3) is 5.69 Å². The van der Waals surface area contributed by atoms with Crippen LogP contribution in [0.3, 0.4) is 0 Å². The molecule has 0 spiro atoms. The van der Waals surface area contributed by atoms with Gasteiger partial charge >= 0.3 is 11.9 Å². The molecule has 0 saturated heterocycles. The number of esters is 2. The van der Waals surface area contributed by atoms with Crippen molar-refractivity contribution in [3.8, 4) is 11.1 Å². The number of ether oxygens (including phenoxy) is 2. The molecule has 1 aromatic carbocycles. The molecule has 0 aliphatic carbocycles. The van der Waals surface area contributed by atoms with E-state index in [9.17, 15) is 24.5 Å². The number of benzene rings is 1. The topological polar surface area (TPSA) is 138 Å². The number of hydrogen-bond donors (Lipinski definition) is 1. The Morgan fingerprint density at radius 2 is 2.03 bits per heavy atom. The summed E-state index contributed by atoms with van der Waals surface area (Å²) in [5, 5.41) is 13.9. The first-order chi connectivity index (χ1) is 15.3. The number of thioether (sulfide) groups is 1. The number of aromatic nitrogens is 1. The average molecular weight is 461 g/mol. The number of non-ortho nitro benzene ring substituents is 1. The van der Waals surface area contributed by atoms with Crippen molar-refractivity contribution in [3.05, 3.63) is 56.9 Å². The summed E-state index contributed by atoms with van der Waals surface area (Å²) in [6, 6.07) is 5.64. The Kier molecular flexibility index (Phi) is 9.14. The van der Waals surface area contributed by atoms with Crippen LogP contribution in [0, 0.1) is 17.0 Å². The van der Waals surface area contributed by atoms with Gasteiger partial charge in [0.2, 0.25) is 6.41 Å². The first-order valence-electron chi connectivity index (χ1n) is 9.64. The van der Waals surface area contributed by atoms with E-state index in [0.717, 1.165) is 0 Å². The molecule has 1 N–H and O–H groups in total. The number of aryl methyl sites for hydroxylation is 1. The normalized spacial score (nSPS) is 10.3. The van der Waals surface area contributed by atoms with Crippen LogP contribution in [-0.2, 0) is 20.0 Å². The predicted molar refractivity (Wildman–Crippen MR) is 119 cm³/mol. The van der Waals surface area contributed by atoms with E-state index in [2.05, 4.69) is 10.3 Å². The first kappa shape index (κ1) is 24.8. The molecule has 1 aromatic heterocycles. The first-order valence-corrected chi connectivity index (χ1v) is 10.8. The summed E-state index contributed by atoms with van der Waals surface area (Å²) in [5.74, 6) is -0.573. The fourth-order valence-corrected chi connectivity index (χ4v) is 3.88. The van der Waals surface area contributed by atoms with Crippen LogP contribution in [0.15, 0.2) is 24.3 Å². The van der Waals surface area contributed by atoms with Gasteiger partial charge in [-0.2, -0.15) is 11.8 Å². The number of carbonyl (C=O) groups is 3. The zero-order valence-electron chi connectivity index (χ0n) is 17.9. The molecule has 10 nitrogen and oxygen atoms in total. The monoisotopic (exact) mass is 461 g/mol. The van der Waals surface area contributed by atoms with E-state index in [1.54, 1.807) is 19.9 Å². The highest BCUT2D eigenvalue weighted by Crippen LogP contribution is 2.35. The lowest BCUT2D eigenvalue weighted by Crippen LogP contribution is -2.18. The lowest BCUT2D eigenvalue weighted by atomic mass is 9.92. The molecule has 32 heavy (non-hydrogen) atoms. The number of hydrogen-bond acceptors (Lipinski definition) is 9. The maximum Gasteiger partial charge on any atom is 0.340 e. The van der Waals surface area contributed by atoms with E-state index in [1.807, 2.05) is 0 Å². The van der Waals surface area contributed by atoms with E-state index < -0.39 is 16.9 Å². The van der Waals surface area contributed by atoms with Crippen LogP contribution < -0.4 is 5.32 Å². The summed E-state index contributed by atoms with van der Waals surface area (Å²) in [7, 11) is 1.20. The number of carbonyl (C=O) groups excluding carboxylic acids is 3. The van der Waals surface area contributed by atoms with Gasteiger partial charge in [0.1, 0.15) is 0 Å². The van der Waals surface area contributed by atoms with Crippen LogP contribution in [0.2, 0.25) is 0 Å². The van der Waals surface area contributed by atoms with Crippen molar-refractivity contribution in [1.29, 1.82) is 0 Å². The minimum atomic E-state index is -0.726. The third-order valence-electron chi connectivity index (χ3n) is 4.38. The Bertz CT molecular complexity index is 1030. The van der Waals surface area contributed by atoms with Crippen LogP contribution in [-0.4, -0.2) is 54.3 Å². The molecule has 1 amide bonds. The minimum absolute atomic E-state index is 0.0347. The van der Waals surface area contributed by atoms with Crippen molar-refractivity contribution in [3.63, 3.8) is 0 Å². The van der Waals surface area contributed by atoms with E-state index in [4.69, 9.17) is 9.47 Å². The molecule has 0 fully saturated rings. The van der Waals surface area contributed by atoms with E-state index in [1.165, 1.54) is 37.1 Å². The molecule has 0 unspecified atom stereocenters. The van der Waals surface area contributed by atoms with Crippen LogP contribution in [0.5, 0.6) is 0 Å². The second-order valence-corrected chi connectivity index (χ2v) is 7.52. The number of methoxy groups -OCH3 is 1. The largest absolute Gasteiger partial charge is 0.465 e. The van der Waals surface area contributed by atoms with Crippen molar-refractivity contribution in [1.82, 2.24) is 10.3 Å². The van der Waals surface area contributed by atoms with Gasteiger partial charge in [-0.05, 0) is 19.4 Å². The Hall–Kier alpha value is -3.47. The van der Waals surface area contributed by atoms with E-state index in [-0.39, 0.29) is 29.0 Å². The summed E-state index contributed by atoms with van der Waals surface area (Å²) in [6.07, 6.45) is 0.596. The fourth-order valence-electron chi connectivity index (χ4n) is 3.07. The number of nitro benzene ring substituents is 1. The van der Waals surface area contributed by atoms with E-state index >= 15 is 0 Å². The highest BCUT2D eigenvalue weighted by molar-refractivity contribution is 7.98. The minimum Gasteiger partial charge on any atom is -0.465 e. The molecule has 0 saturated carbocycles. The summed E-state index contributed by atoms with van der Waals surface area (Å²) in [4.78, 5) is 51.2. The van der Waals surface area contributed by atoms with E-state index in [0.29, 0.717) is 41.4 Å². The molecule has 11 heteroatoms. The molecule has 2 aromatic rings. The smallest absolute Gasteiger partial charge is 0.340 e. The maximum atomic E-state index is 13.0. The lowest BCUT2D eigenvalue weighted by molar-refractivity contribution is -0.384. The summed E-state index contributed by atoms with van der Waals surface area (Å²) < 4.78 is 10.1. The number of nitro groups is 1.